The molecule has 1 aliphatic heterocycles. The molecule has 0 bridgehead atoms. The van der Waals surface area contributed by atoms with Gasteiger partial charge in [-0.1, -0.05) is 19.1 Å². The lowest BCUT2D eigenvalue weighted by Crippen LogP contribution is -2.37. The maximum absolute atomic E-state index is 2.74. The Kier molecular flexibility index (Phi) is 2.01. The Balaban J connectivity index is 2.01. The van der Waals surface area contributed by atoms with Crippen molar-refractivity contribution < 1.29 is 0 Å². The van der Waals surface area contributed by atoms with Crippen LogP contribution < -0.4 is 0 Å². The first-order valence-electron chi connectivity index (χ1n) is 6.07. The van der Waals surface area contributed by atoms with Crippen LogP contribution in [0.15, 0.2) is 23.3 Å². The summed E-state index contributed by atoms with van der Waals surface area (Å²) < 4.78 is 0. The van der Waals surface area contributed by atoms with Crippen LogP contribution in [0.25, 0.3) is 0 Å². The van der Waals surface area contributed by atoms with Crippen LogP contribution in [0, 0.1) is 0 Å². The van der Waals surface area contributed by atoms with Gasteiger partial charge in [0.2, 0.25) is 0 Å². The first-order valence-corrected chi connectivity index (χ1v) is 6.07. The zero-order valence-corrected chi connectivity index (χ0v) is 9.00. The van der Waals surface area contributed by atoms with Crippen molar-refractivity contribution in [1.82, 2.24) is 4.90 Å². The molecule has 1 heteroatoms. The summed E-state index contributed by atoms with van der Waals surface area (Å²) in [5, 5.41) is 0. The van der Waals surface area contributed by atoms with Gasteiger partial charge in [0.25, 0.3) is 0 Å². The number of rotatable bonds is 1. The third kappa shape index (κ3) is 1.05. The molecule has 14 heavy (non-hydrogen) atoms. The van der Waals surface area contributed by atoms with E-state index in [4.69, 9.17) is 0 Å². The molecule has 1 heterocycles. The SMILES string of the molecule is CCN1C2CCC=CC2=C2CCCC21. The quantitative estimate of drug-likeness (QED) is 0.613. The monoisotopic (exact) mass is 189 g/mol. The minimum Gasteiger partial charge on any atom is -0.290 e. The van der Waals surface area contributed by atoms with E-state index in [-0.39, 0.29) is 0 Å². The van der Waals surface area contributed by atoms with Crippen LogP contribution in [0.4, 0.5) is 0 Å². The Morgan fingerprint density at radius 2 is 2.29 bits per heavy atom. The summed E-state index contributed by atoms with van der Waals surface area (Å²) in [6.45, 7) is 3.55. The van der Waals surface area contributed by atoms with E-state index in [2.05, 4.69) is 24.0 Å². The van der Waals surface area contributed by atoms with Gasteiger partial charge in [-0.05, 0) is 49.8 Å². The smallest absolute Gasteiger partial charge is 0.0357 e. The van der Waals surface area contributed by atoms with Crippen LogP contribution in [-0.4, -0.2) is 23.5 Å². The minimum absolute atomic E-state index is 0.783. The highest BCUT2D eigenvalue weighted by atomic mass is 15.2. The first kappa shape index (κ1) is 8.72. The highest BCUT2D eigenvalue weighted by molar-refractivity contribution is 5.42. The molecule has 76 valence electrons. The summed E-state index contributed by atoms with van der Waals surface area (Å²) in [6, 6.07) is 1.60. The van der Waals surface area contributed by atoms with Crippen LogP contribution in [0.3, 0.4) is 0 Å². The molecular formula is C13H19N. The van der Waals surface area contributed by atoms with Gasteiger partial charge < -0.3 is 0 Å². The number of hydrogen-bond donors (Lipinski definition) is 0. The van der Waals surface area contributed by atoms with Gasteiger partial charge in [0, 0.05) is 12.1 Å². The largest absolute Gasteiger partial charge is 0.290 e. The highest BCUT2D eigenvalue weighted by Gasteiger charge is 2.40. The molecule has 0 spiro atoms. The Morgan fingerprint density at radius 3 is 3.14 bits per heavy atom. The molecule has 0 amide bonds. The number of fused-ring (bicyclic) bond motifs is 2. The fraction of sp³-hybridized carbons (Fsp3) is 0.692. The number of allylic oxidation sites excluding steroid dienone is 1. The Morgan fingerprint density at radius 1 is 1.36 bits per heavy atom. The molecule has 0 radical (unpaired) electrons. The van der Waals surface area contributed by atoms with E-state index >= 15 is 0 Å². The average Bonchev–Trinajstić information content (AvgIpc) is 2.77. The van der Waals surface area contributed by atoms with E-state index in [1.165, 1.54) is 38.6 Å². The van der Waals surface area contributed by atoms with Gasteiger partial charge >= 0.3 is 0 Å². The van der Waals surface area contributed by atoms with E-state index in [9.17, 15) is 0 Å². The molecule has 2 atom stereocenters. The molecular weight excluding hydrogens is 170 g/mol. The van der Waals surface area contributed by atoms with Gasteiger partial charge in [0.05, 0.1) is 0 Å². The second-order valence-electron chi connectivity index (χ2n) is 4.71. The zero-order valence-electron chi connectivity index (χ0n) is 9.00. The van der Waals surface area contributed by atoms with Crippen molar-refractivity contribution in [1.29, 1.82) is 0 Å². The summed E-state index contributed by atoms with van der Waals surface area (Å²) in [5.41, 5.74) is 3.48. The van der Waals surface area contributed by atoms with Gasteiger partial charge in [0.15, 0.2) is 0 Å². The van der Waals surface area contributed by atoms with Crippen LogP contribution in [0.5, 0.6) is 0 Å². The summed E-state index contributed by atoms with van der Waals surface area (Å²) in [7, 11) is 0. The van der Waals surface area contributed by atoms with Gasteiger partial charge in [-0.15, -0.1) is 0 Å². The standard InChI is InChI=1S/C13H19N/c1-2-14-12-8-4-3-6-10(12)11-7-5-9-13(11)14/h3,6,12-13H,2,4-5,7-9H2,1H3. The van der Waals surface area contributed by atoms with Crippen molar-refractivity contribution in [2.24, 2.45) is 0 Å². The lowest BCUT2D eigenvalue weighted by Gasteiger charge is -2.30. The van der Waals surface area contributed by atoms with Crippen molar-refractivity contribution in [2.45, 2.75) is 51.1 Å². The summed E-state index contributed by atoms with van der Waals surface area (Å²) in [6.07, 6.45) is 11.6. The average molecular weight is 189 g/mol. The Labute approximate surface area is 86.5 Å². The van der Waals surface area contributed by atoms with Crippen molar-refractivity contribution in [3.63, 3.8) is 0 Å². The molecule has 2 aliphatic carbocycles. The van der Waals surface area contributed by atoms with E-state index in [0.717, 1.165) is 12.1 Å². The van der Waals surface area contributed by atoms with Gasteiger partial charge in [-0.3, -0.25) is 4.90 Å². The molecule has 0 aromatic carbocycles. The number of likely N-dealkylation sites (N-methyl/N-ethyl adjacent to an activating group) is 1. The van der Waals surface area contributed by atoms with E-state index < -0.39 is 0 Å². The fourth-order valence-corrected chi connectivity index (χ4v) is 3.58. The minimum atomic E-state index is 0.783. The second-order valence-corrected chi connectivity index (χ2v) is 4.71. The number of hydrogen-bond acceptors (Lipinski definition) is 1. The number of nitrogens with zero attached hydrogens (tertiary/aromatic N) is 1. The van der Waals surface area contributed by atoms with Crippen LogP contribution in [-0.2, 0) is 0 Å². The van der Waals surface area contributed by atoms with E-state index in [0.29, 0.717) is 0 Å². The predicted octanol–water partition coefficient (Wildman–Crippen LogP) is 2.89. The lowest BCUT2D eigenvalue weighted by atomic mass is 9.94. The van der Waals surface area contributed by atoms with Gasteiger partial charge in [0.1, 0.15) is 0 Å². The van der Waals surface area contributed by atoms with Crippen molar-refractivity contribution in [3.8, 4) is 0 Å². The van der Waals surface area contributed by atoms with E-state index in [1.807, 2.05) is 0 Å². The third-order valence-corrected chi connectivity index (χ3v) is 4.13. The first-order chi connectivity index (χ1) is 6.92. The molecule has 1 fully saturated rings. The van der Waals surface area contributed by atoms with Gasteiger partial charge in [-0.25, -0.2) is 0 Å². The van der Waals surface area contributed by atoms with Crippen molar-refractivity contribution in [2.75, 3.05) is 6.54 Å². The molecule has 3 rings (SSSR count). The predicted molar refractivity (Wildman–Crippen MR) is 59.2 cm³/mol. The molecule has 2 unspecified atom stereocenters. The maximum Gasteiger partial charge on any atom is 0.0357 e. The molecule has 0 aromatic heterocycles. The molecule has 0 saturated heterocycles. The van der Waals surface area contributed by atoms with Gasteiger partial charge in [-0.2, -0.15) is 0 Å². The van der Waals surface area contributed by atoms with Crippen molar-refractivity contribution in [3.05, 3.63) is 23.3 Å². The highest BCUT2D eigenvalue weighted by Crippen LogP contribution is 2.43. The third-order valence-electron chi connectivity index (χ3n) is 4.13. The summed E-state index contributed by atoms with van der Waals surface area (Å²) >= 11 is 0. The normalized spacial score (nSPS) is 36.4. The van der Waals surface area contributed by atoms with Crippen molar-refractivity contribution >= 4 is 0 Å². The Hall–Kier alpha value is -0.560. The molecule has 0 N–H and O–H groups in total. The van der Waals surface area contributed by atoms with Crippen LogP contribution in [0.1, 0.15) is 39.0 Å². The fourth-order valence-electron chi connectivity index (χ4n) is 3.58. The topological polar surface area (TPSA) is 3.24 Å². The summed E-state index contributed by atoms with van der Waals surface area (Å²) in [5.74, 6) is 0. The maximum atomic E-state index is 2.74. The van der Waals surface area contributed by atoms with Crippen LogP contribution in [0.2, 0.25) is 0 Å². The van der Waals surface area contributed by atoms with Crippen LogP contribution >= 0.6 is 0 Å². The molecule has 0 aromatic rings. The second kappa shape index (κ2) is 3.23. The summed E-state index contributed by atoms with van der Waals surface area (Å²) in [4.78, 5) is 2.74. The Bertz CT molecular complexity index is 300. The zero-order chi connectivity index (χ0) is 9.54. The lowest BCUT2D eigenvalue weighted by molar-refractivity contribution is 0.203. The molecule has 3 aliphatic rings. The molecule has 1 nitrogen and oxygen atoms in total. The van der Waals surface area contributed by atoms with E-state index in [1.54, 1.807) is 11.1 Å². The molecule has 1 saturated carbocycles.